The Morgan fingerprint density at radius 2 is 2.17 bits per heavy atom. The van der Waals surface area contributed by atoms with E-state index in [0.717, 1.165) is 23.7 Å². The third-order valence-corrected chi connectivity index (χ3v) is 4.78. The van der Waals surface area contributed by atoms with Gasteiger partial charge < -0.3 is 10.1 Å². The van der Waals surface area contributed by atoms with Crippen LogP contribution in [0.5, 0.6) is 5.75 Å². The number of benzene rings is 1. The molecule has 1 fully saturated rings. The minimum atomic E-state index is -0.312. The smallest absolute Gasteiger partial charge is 0.262 e. The van der Waals surface area contributed by atoms with Gasteiger partial charge in [0.2, 0.25) is 0 Å². The van der Waals surface area contributed by atoms with Gasteiger partial charge in [0.1, 0.15) is 17.4 Å². The maximum atomic E-state index is 12.4. The Morgan fingerprint density at radius 1 is 1.43 bits per heavy atom. The molecule has 1 amide bonds. The second-order valence-electron chi connectivity index (χ2n) is 5.90. The maximum Gasteiger partial charge on any atom is 0.262 e. The summed E-state index contributed by atoms with van der Waals surface area (Å²) >= 11 is 3.39. The van der Waals surface area contributed by atoms with Crippen LogP contribution in [-0.4, -0.2) is 19.1 Å². The fourth-order valence-electron chi connectivity index (χ4n) is 2.90. The van der Waals surface area contributed by atoms with Crippen LogP contribution in [0.3, 0.4) is 0 Å². The van der Waals surface area contributed by atoms with E-state index in [-0.39, 0.29) is 17.5 Å². The Morgan fingerprint density at radius 3 is 2.83 bits per heavy atom. The van der Waals surface area contributed by atoms with Crippen LogP contribution in [0, 0.1) is 17.2 Å². The molecule has 1 aromatic carbocycles. The van der Waals surface area contributed by atoms with Gasteiger partial charge in [-0.2, -0.15) is 5.26 Å². The molecule has 1 aliphatic rings. The highest BCUT2D eigenvalue weighted by Gasteiger charge is 2.24. The Balaban J connectivity index is 2.20. The molecule has 0 bridgehead atoms. The number of halogens is 1. The van der Waals surface area contributed by atoms with Crippen LogP contribution >= 0.6 is 15.9 Å². The molecule has 4 nitrogen and oxygen atoms in total. The van der Waals surface area contributed by atoms with E-state index in [1.165, 1.54) is 6.42 Å². The van der Waals surface area contributed by atoms with Crippen molar-refractivity contribution in [3.8, 4) is 11.8 Å². The summed E-state index contributed by atoms with van der Waals surface area (Å²) in [5.74, 6) is 0.765. The first-order valence-electron chi connectivity index (χ1n) is 7.81. The zero-order chi connectivity index (χ0) is 16.8. The molecule has 1 aromatic rings. The van der Waals surface area contributed by atoms with Gasteiger partial charge in [-0.3, -0.25) is 4.79 Å². The largest absolute Gasteiger partial charge is 0.496 e. The monoisotopic (exact) mass is 376 g/mol. The molecular formula is C18H21BrN2O2. The first-order valence-corrected chi connectivity index (χ1v) is 8.60. The number of hydrogen-bond acceptors (Lipinski definition) is 3. The molecule has 5 heteroatoms. The Hall–Kier alpha value is -1.80. The zero-order valence-electron chi connectivity index (χ0n) is 13.4. The van der Waals surface area contributed by atoms with Crippen LogP contribution in [0.4, 0.5) is 0 Å². The number of nitriles is 1. The van der Waals surface area contributed by atoms with Crippen molar-refractivity contribution in [2.75, 3.05) is 7.11 Å². The van der Waals surface area contributed by atoms with Crippen molar-refractivity contribution in [2.24, 2.45) is 5.92 Å². The summed E-state index contributed by atoms with van der Waals surface area (Å²) in [6.07, 6.45) is 6.01. The standard InChI is InChI=1S/C18H21BrN2O2/c1-12-5-3-4-6-16(12)21-18(22)14(11-20)9-13-10-15(19)7-8-17(13)23-2/h7-10,12,16H,3-6H2,1-2H3,(H,21,22)/b14-9+/t12-,16-/m1/s1. The topological polar surface area (TPSA) is 62.1 Å². The van der Waals surface area contributed by atoms with Crippen LogP contribution in [0.2, 0.25) is 0 Å². The highest BCUT2D eigenvalue weighted by Crippen LogP contribution is 2.26. The molecule has 2 rings (SSSR count). The van der Waals surface area contributed by atoms with Gasteiger partial charge in [0.05, 0.1) is 7.11 Å². The molecule has 1 saturated carbocycles. The van der Waals surface area contributed by atoms with Crippen molar-refractivity contribution < 1.29 is 9.53 Å². The van der Waals surface area contributed by atoms with Crippen LogP contribution in [-0.2, 0) is 4.79 Å². The Kier molecular flexibility index (Phi) is 6.23. The van der Waals surface area contributed by atoms with Gasteiger partial charge in [0.25, 0.3) is 5.91 Å². The van der Waals surface area contributed by atoms with E-state index < -0.39 is 0 Å². The second-order valence-corrected chi connectivity index (χ2v) is 6.81. The molecule has 0 unspecified atom stereocenters. The predicted octanol–water partition coefficient (Wildman–Crippen LogP) is 4.06. The van der Waals surface area contributed by atoms with Crippen LogP contribution < -0.4 is 10.1 Å². The number of methoxy groups -OCH3 is 1. The molecule has 1 N–H and O–H groups in total. The number of nitrogens with zero attached hydrogens (tertiary/aromatic N) is 1. The molecule has 0 radical (unpaired) electrons. The molecule has 0 saturated heterocycles. The van der Waals surface area contributed by atoms with Gasteiger partial charge in [0, 0.05) is 16.1 Å². The molecule has 0 aromatic heterocycles. The third-order valence-electron chi connectivity index (χ3n) is 4.28. The normalized spacial score (nSPS) is 21.4. The highest BCUT2D eigenvalue weighted by molar-refractivity contribution is 9.10. The zero-order valence-corrected chi connectivity index (χ0v) is 15.0. The fourth-order valence-corrected chi connectivity index (χ4v) is 3.28. The average molecular weight is 377 g/mol. The van der Waals surface area contributed by atoms with Gasteiger partial charge in [-0.05, 0) is 43.0 Å². The summed E-state index contributed by atoms with van der Waals surface area (Å²) in [6.45, 7) is 2.15. The minimum Gasteiger partial charge on any atom is -0.496 e. The van der Waals surface area contributed by atoms with Crippen molar-refractivity contribution in [3.05, 3.63) is 33.8 Å². The number of carbonyl (C=O) groups is 1. The van der Waals surface area contributed by atoms with E-state index >= 15 is 0 Å². The first kappa shape index (κ1) is 17.6. The number of nitrogens with one attached hydrogen (secondary N) is 1. The van der Waals surface area contributed by atoms with Gasteiger partial charge in [-0.1, -0.05) is 35.7 Å². The summed E-state index contributed by atoms with van der Waals surface area (Å²) < 4.78 is 6.15. The molecule has 0 heterocycles. The SMILES string of the molecule is COc1ccc(Br)cc1/C=C(\C#N)C(=O)N[C@@H]1CCCC[C@H]1C. The van der Waals surface area contributed by atoms with E-state index in [4.69, 9.17) is 4.74 Å². The Labute approximate surface area is 145 Å². The second kappa shape index (κ2) is 8.16. The summed E-state index contributed by atoms with van der Waals surface area (Å²) in [6, 6.07) is 7.63. The number of ether oxygens (including phenoxy) is 1. The number of rotatable bonds is 4. The van der Waals surface area contributed by atoms with E-state index in [0.29, 0.717) is 17.2 Å². The van der Waals surface area contributed by atoms with E-state index in [1.54, 1.807) is 19.3 Å². The summed E-state index contributed by atoms with van der Waals surface area (Å²) in [4.78, 5) is 12.4. The molecule has 0 aliphatic heterocycles. The lowest BCUT2D eigenvalue weighted by molar-refractivity contribution is -0.118. The quantitative estimate of drug-likeness (QED) is 0.636. The first-order chi connectivity index (χ1) is 11.0. The molecule has 2 atom stereocenters. The molecule has 122 valence electrons. The lowest BCUT2D eigenvalue weighted by Gasteiger charge is -2.29. The van der Waals surface area contributed by atoms with Crippen LogP contribution in [0.1, 0.15) is 38.2 Å². The van der Waals surface area contributed by atoms with Gasteiger partial charge in [-0.15, -0.1) is 0 Å². The van der Waals surface area contributed by atoms with Gasteiger partial charge >= 0.3 is 0 Å². The summed E-state index contributed by atoms with van der Waals surface area (Å²) in [7, 11) is 1.57. The van der Waals surface area contributed by atoms with Gasteiger partial charge in [-0.25, -0.2) is 0 Å². The molecular weight excluding hydrogens is 356 g/mol. The number of hydrogen-bond donors (Lipinski definition) is 1. The lowest BCUT2D eigenvalue weighted by Crippen LogP contribution is -2.41. The van der Waals surface area contributed by atoms with Crippen molar-refractivity contribution in [1.82, 2.24) is 5.32 Å². The molecule has 23 heavy (non-hydrogen) atoms. The summed E-state index contributed by atoms with van der Waals surface area (Å²) in [5.41, 5.74) is 0.796. The Bertz CT molecular complexity index is 649. The maximum absolute atomic E-state index is 12.4. The van der Waals surface area contributed by atoms with Gasteiger partial charge in [0.15, 0.2) is 0 Å². The van der Waals surface area contributed by atoms with E-state index in [9.17, 15) is 10.1 Å². The van der Waals surface area contributed by atoms with Crippen molar-refractivity contribution in [1.29, 1.82) is 5.26 Å². The van der Waals surface area contributed by atoms with Crippen LogP contribution in [0.15, 0.2) is 28.2 Å². The van der Waals surface area contributed by atoms with Crippen molar-refractivity contribution in [2.45, 2.75) is 38.6 Å². The van der Waals surface area contributed by atoms with Crippen molar-refractivity contribution in [3.63, 3.8) is 0 Å². The number of carbonyl (C=O) groups excluding carboxylic acids is 1. The summed E-state index contributed by atoms with van der Waals surface area (Å²) in [5, 5.41) is 12.4. The molecule has 0 spiro atoms. The third kappa shape index (κ3) is 4.59. The lowest BCUT2D eigenvalue weighted by atomic mass is 9.86. The minimum absolute atomic E-state index is 0.0965. The van der Waals surface area contributed by atoms with Crippen LogP contribution in [0.25, 0.3) is 6.08 Å². The predicted molar refractivity (Wildman–Crippen MR) is 93.8 cm³/mol. The highest BCUT2D eigenvalue weighted by atomic mass is 79.9. The molecule has 1 aliphatic carbocycles. The average Bonchev–Trinajstić information content (AvgIpc) is 2.54. The van der Waals surface area contributed by atoms with Crippen molar-refractivity contribution >= 4 is 27.9 Å². The number of amides is 1. The fraction of sp³-hybridized carbons (Fsp3) is 0.444. The van der Waals surface area contributed by atoms with E-state index in [2.05, 4.69) is 28.2 Å². The van der Waals surface area contributed by atoms with E-state index in [1.807, 2.05) is 18.2 Å².